The van der Waals surface area contributed by atoms with Crippen molar-refractivity contribution < 1.29 is 19.5 Å². The molecule has 9 heteroatoms. The zero-order valence-corrected chi connectivity index (χ0v) is 28.1. The molecule has 0 radical (unpaired) electrons. The summed E-state index contributed by atoms with van der Waals surface area (Å²) in [5.41, 5.74) is 16.2. The molecule has 1 saturated carbocycles. The molecule has 43 heavy (non-hydrogen) atoms. The zero-order valence-electron chi connectivity index (χ0n) is 27.3. The summed E-state index contributed by atoms with van der Waals surface area (Å²) in [5.74, 6) is 1.87. The lowest BCUT2D eigenvalue weighted by atomic mass is 9.95. The van der Waals surface area contributed by atoms with Crippen LogP contribution in [0.1, 0.15) is 161 Å². The van der Waals surface area contributed by atoms with Crippen LogP contribution in [-0.4, -0.2) is 52.5 Å². The molecule has 0 aromatic heterocycles. The van der Waals surface area contributed by atoms with Crippen molar-refractivity contribution in [3.63, 3.8) is 0 Å². The highest BCUT2D eigenvalue weighted by Crippen LogP contribution is 2.34. The molecule has 0 aromatic carbocycles. The van der Waals surface area contributed by atoms with Crippen LogP contribution in [0.3, 0.4) is 0 Å². The van der Waals surface area contributed by atoms with Gasteiger partial charge in [-0.2, -0.15) is 11.8 Å². The molecule has 1 fully saturated rings. The van der Waals surface area contributed by atoms with Crippen molar-refractivity contribution in [2.24, 2.45) is 23.1 Å². The highest BCUT2D eigenvalue weighted by molar-refractivity contribution is 7.99. The average molecular weight is 627 g/mol. The molecule has 1 aliphatic rings. The van der Waals surface area contributed by atoms with Crippen LogP contribution in [0.25, 0.3) is 0 Å². The van der Waals surface area contributed by atoms with Gasteiger partial charge in [0.25, 0.3) is 0 Å². The number of thioether (sulfide) groups is 1. The van der Waals surface area contributed by atoms with E-state index in [-0.39, 0.29) is 24.3 Å². The van der Waals surface area contributed by atoms with E-state index >= 15 is 0 Å². The lowest BCUT2D eigenvalue weighted by Crippen LogP contribution is -2.49. The highest BCUT2D eigenvalue weighted by atomic mass is 32.2. The molecule has 1 rings (SSSR count). The minimum atomic E-state index is -0.520. The third-order valence-corrected chi connectivity index (χ3v) is 10.2. The Labute approximate surface area is 267 Å². The number of aliphatic hydroxyl groups excluding tert-OH is 1. The minimum absolute atomic E-state index is 0.00392. The van der Waals surface area contributed by atoms with E-state index in [9.17, 15) is 19.5 Å². The second-order valence-corrected chi connectivity index (χ2v) is 14.2. The normalized spacial score (nSPS) is 15.2. The molecule has 2 atom stereocenters. The molecule has 0 saturated heterocycles. The number of nitrogens with two attached hydrogens (primary N) is 3. The monoisotopic (exact) mass is 626 g/mol. The standard InChI is InChI=1S/C34H66N4O4S/c35-30(33(42)38-34(28-39)24-25-34)27-43-26-29(21-17-13-9-5-3-7-11-15-19-23-32(37)41)20-16-12-8-4-1-2-6-10-14-18-22-31(36)40/h29-30,39H,1-28,35H2,(H2,36,40)(H2,37,41)(H,38,42)/t29-,30+/m1/s1. The van der Waals surface area contributed by atoms with Crippen molar-refractivity contribution in [2.45, 2.75) is 172 Å². The fraction of sp³-hybridized carbons (Fsp3) is 0.912. The van der Waals surface area contributed by atoms with E-state index in [1.807, 2.05) is 11.8 Å². The maximum atomic E-state index is 12.4. The Hall–Kier alpha value is -1.32. The quantitative estimate of drug-likeness (QED) is 0.0555. The third kappa shape index (κ3) is 23.7. The summed E-state index contributed by atoms with van der Waals surface area (Å²) in [4.78, 5) is 34.0. The van der Waals surface area contributed by atoms with E-state index in [2.05, 4.69) is 5.32 Å². The molecule has 8 nitrogen and oxygen atoms in total. The molecule has 1 aliphatic carbocycles. The number of nitrogens with one attached hydrogen (secondary N) is 1. The van der Waals surface area contributed by atoms with Gasteiger partial charge in [0.2, 0.25) is 17.7 Å². The average Bonchev–Trinajstić information content (AvgIpc) is 3.75. The van der Waals surface area contributed by atoms with Crippen LogP contribution in [0.15, 0.2) is 0 Å². The van der Waals surface area contributed by atoms with Gasteiger partial charge < -0.3 is 27.6 Å². The van der Waals surface area contributed by atoms with Gasteiger partial charge in [0.05, 0.1) is 18.2 Å². The topological polar surface area (TPSA) is 162 Å². The molecular weight excluding hydrogens is 560 g/mol. The number of aliphatic hydroxyl groups is 1. The lowest BCUT2D eigenvalue weighted by molar-refractivity contribution is -0.123. The number of rotatable bonds is 32. The fourth-order valence-corrected chi connectivity index (χ4v) is 6.90. The second-order valence-electron chi connectivity index (χ2n) is 13.2. The van der Waals surface area contributed by atoms with Crippen LogP contribution >= 0.6 is 11.8 Å². The summed E-state index contributed by atoms with van der Waals surface area (Å²) in [6, 6.07) is -0.520. The summed E-state index contributed by atoms with van der Waals surface area (Å²) in [6.07, 6.45) is 28.4. The van der Waals surface area contributed by atoms with Crippen molar-refractivity contribution >= 4 is 29.5 Å². The van der Waals surface area contributed by atoms with Gasteiger partial charge in [-0.05, 0) is 50.2 Å². The van der Waals surface area contributed by atoms with Gasteiger partial charge in [0.15, 0.2) is 0 Å². The van der Waals surface area contributed by atoms with E-state index in [0.29, 0.717) is 24.5 Å². The third-order valence-electron chi connectivity index (χ3n) is 8.85. The molecule has 8 N–H and O–H groups in total. The van der Waals surface area contributed by atoms with E-state index in [1.54, 1.807) is 0 Å². The van der Waals surface area contributed by atoms with Crippen molar-refractivity contribution in [1.29, 1.82) is 0 Å². The van der Waals surface area contributed by atoms with Gasteiger partial charge in [-0.15, -0.1) is 0 Å². The predicted octanol–water partition coefficient (Wildman–Crippen LogP) is 6.25. The number of carbonyl (C=O) groups excluding carboxylic acids is 3. The number of hydrogen-bond acceptors (Lipinski definition) is 6. The lowest BCUT2D eigenvalue weighted by Gasteiger charge is -2.20. The van der Waals surface area contributed by atoms with Crippen molar-refractivity contribution in [3.8, 4) is 0 Å². The molecule has 0 aromatic rings. The van der Waals surface area contributed by atoms with Crippen LogP contribution in [0, 0.1) is 5.92 Å². The highest BCUT2D eigenvalue weighted by Gasteiger charge is 2.44. The Morgan fingerprint density at radius 3 is 1.35 bits per heavy atom. The first-order valence-corrected chi connectivity index (χ1v) is 18.8. The van der Waals surface area contributed by atoms with E-state index in [0.717, 1.165) is 44.3 Å². The Balaban J connectivity index is 2.20. The predicted molar refractivity (Wildman–Crippen MR) is 181 cm³/mol. The van der Waals surface area contributed by atoms with Gasteiger partial charge in [-0.3, -0.25) is 14.4 Å². The molecule has 252 valence electrons. The van der Waals surface area contributed by atoms with Crippen LogP contribution in [0.5, 0.6) is 0 Å². The molecule has 0 spiro atoms. The first-order chi connectivity index (χ1) is 20.8. The molecule has 0 bridgehead atoms. The number of hydrogen-bond donors (Lipinski definition) is 5. The van der Waals surface area contributed by atoms with Crippen LogP contribution in [0.2, 0.25) is 0 Å². The van der Waals surface area contributed by atoms with Crippen LogP contribution in [-0.2, 0) is 14.4 Å². The van der Waals surface area contributed by atoms with Crippen molar-refractivity contribution in [3.05, 3.63) is 0 Å². The summed E-state index contributed by atoms with van der Waals surface area (Å²) in [5, 5.41) is 12.4. The summed E-state index contributed by atoms with van der Waals surface area (Å²) < 4.78 is 0. The summed E-state index contributed by atoms with van der Waals surface area (Å²) in [6.45, 7) is -0.00392. The summed E-state index contributed by atoms with van der Waals surface area (Å²) in [7, 11) is 0. The number of amides is 3. The number of unbranched alkanes of at least 4 members (excludes halogenated alkanes) is 17. The van der Waals surface area contributed by atoms with E-state index in [1.165, 1.54) is 109 Å². The first-order valence-electron chi connectivity index (χ1n) is 17.6. The maximum absolute atomic E-state index is 12.4. The Morgan fingerprint density at radius 1 is 0.628 bits per heavy atom. The van der Waals surface area contributed by atoms with Crippen molar-refractivity contribution in [1.82, 2.24) is 5.32 Å². The van der Waals surface area contributed by atoms with Crippen LogP contribution < -0.4 is 22.5 Å². The SMILES string of the molecule is NC(=O)CCCCCCCCCCCC[C@H](CCCCCCCCCCCC(N)=O)CSC[C@H](N)C(=O)NC1(CO)CC1. The molecule has 0 unspecified atom stereocenters. The largest absolute Gasteiger partial charge is 0.394 e. The fourth-order valence-electron chi connectivity index (χ4n) is 5.69. The van der Waals surface area contributed by atoms with E-state index in [4.69, 9.17) is 17.2 Å². The van der Waals surface area contributed by atoms with Crippen LogP contribution in [0.4, 0.5) is 0 Å². The van der Waals surface area contributed by atoms with Gasteiger partial charge >= 0.3 is 0 Å². The Kier molecular flexibility index (Phi) is 24.0. The summed E-state index contributed by atoms with van der Waals surface area (Å²) >= 11 is 1.82. The van der Waals surface area contributed by atoms with Crippen molar-refractivity contribution in [2.75, 3.05) is 18.1 Å². The molecular formula is C34H66N4O4S. The Bertz CT molecular complexity index is 735. The van der Waals surface area contributed by atoms with Gasteiger partial charge in [-0.25, -0.2) is 0 Å². The molecule has 3 amide bonds. The van der Waals surface area contributed by atoms with E-state index < -0.39 is 11.6 Å². The smallest absolute Gasteiger partial charge is 0.238 e. The minimum Gasteiger partial charge on any atom is -0.394 e. The molecule has 0 heterocycles. The van der Waals surface area contributed by atoms with Gasteiger partial charge in [0.1, 0.15) is 0 Å². The number of primary amides is 2. The maximum Gasteiger partial charge on any atom is 0.238 e. The first kappa shape index (κ1) is 39.7. The second kappa shape index (κ2) is 26.0. The van der Waals surface area contributed by atoms with Gasteiger partial charge in [0, 0.05) is 18.6 Å². The zero-order chi connectivity index (χ0) is 31.6. The van der Waals surface area contributed by atoms with Gasteiger partial charge in [-0.1, -0.05) is 109 Å². The number of carbonyl (C=O) groups is 3. The Morgan fingerprint density at radius 2 is 1.00 bits per heavy atom. The molecule has 0 aliphatic heterocycles.